The molecule has 18 heavy (non-hydrogen) atoms. The molecule has 0 radical (unpaired) electrons. The molecule has 104 valence electrons. The Morgan fingerprint density at radius 1 is 1.33 bits per heavy atom. The van der Waals surface area contributed by atoms with Gasteiger partial charge in [-0.15, -0.1) is 0 Å². The quantitative estimate of drug-likeness (QED) is 0.783. The van der Waals surface area contributed by atoms with Crippen molar-refractivity contribution >= 4 is 11.9 Å². The number of ether oxygens (including phenoxy) is 1. The van der Waals surface area contributed by atoms with Crippen molar-refractivity contribution in [1.82, 2.24) is 4.90 Å². The highest BCUT2D eigenvalue weighted by Gasteiger charge is 2.23. The summed E-state index contributed by atoms with van der Waals surface area (Å²) in [6.07, 6.45) is 4.74. The van der Waals surface area contributed by atoms with Crippen LogP contribution in [-0.4, -0.2) is 48.2 Å². The Kier molecular flexibility index (Phi) is 6.12. The smallest absolute Gasteiger partial charge is 0.305 e. The number of amides is 1. The number of carboxylic acids is 1. The predicted octanol–water partition coefficient (Wildman–Crippen LogP) is 1.51. The molecule has 2 unspecified atom stereocenters. The predicted molar refractivity (Wildman–Crippen MR) is 67.3 cm³/mol. The molecule has 5 heteroatoms. The van der Waals surface area contributed by atoms with Gasteiger partial charge >= 0.3 is 5.97 Å². The minimum absolute atomic E-state index is 0.0257. The number of nitrogens with zero attached hydrogens (tertiary/aromatic N) is 1. The van der Waals surface area contributed by atoms with E-state index in [1.807, 2.05) is 0 Å². The monoisotopic (exact) mass is 257 g/mol. The number of likely N-dealkylation sites (N-methyl/N-ethyl adjacent to an activating group) is 1. The molecule has 0 aromatic carbocycles. The van der Waals surface area contributed by atoms with Crippen LogP contribution in [0.3, 0.4) is 0 Å². The molecule has 5 nitrogen and oxygen atoms in total. The summed E-state index contributed by atoms with van der Waals surface area (Å²) < 4.78 is 5.65. The zero-order valence-electron chi connectivity index (χ0n) is 11.2. The lowest BCUT2D eigenvalue weighted by molar-refractivity contribution is -0.141. The van der Waals surface area contributed by atoms with E-state index < -0.39 is 5.97 Å². The summed E-state index contributed by atoms with van der Waals surface area (Å²) in [4.78, 5) is 23.5. The van der Waals surface area contributed by atoms with Crippen LogP contribution in [0.15, 0.2) is 0 Å². The van der Waals surface area contributed by atoms with Crippen LogP contribution < -0.4 is 0 Å². The van der Waals surface area contributed by atoms with Gasteiger partial charge in [0, 0.05) is 13.6 Å². The number of carbonyl (C=O) groups is 2. The number of carbonyl (C=O) groups excluding carboxylic acids is 1. The fourth-order valence-electron chi connectivity index (χ4n) is 2.21. The summed E-state index contributed by atoms with van der Waals surface area (Å²) in [5.41, 5.74) is 0. The van der Waals surface area contributed by atoms with Gasteiger partial charge in [-0.25, -0.2) is 0 Å². The van der Waals surface area contributed by atoms with Gasteiger partial charge in [0.1, 0.15) is 6.61 Å². The van der Waals surface area contributed by atoms with Crippen LogP contribution in [0.5, 0.6) is 0 Å². The molecule has 1 aliphatic rings. The zero-order chi connectivity index (χ0) is 13.5. The van der Waals surface area contributed by atoms with Crippen molar-refractivity contribution < 1.29 is 19.4 Å². The summed E-state index contributed by atoms with van der Waals surface area (Å²) in [6.45, 7) is 2.45. The first-order valence-electron chi connectivity index (χ1n) is 6.58. The molecule has 0 aromatic heterocycles. The number of aliphatic carboxylic acids is 1. The molecule has 0 aliphatic heterocycles. The second-order valence-corrected chi connectivity index (χ2v) is 5.07. The first-order valence-corrected chi connectivity index (χ1v) is 6.58. The molecule has 0 aromatic rings. The molecule has 0 saturated heterocycles. The highest BCUT2D eigenvalue weighted by molar-refractivity contribution is 5.77. The Morgan fingerprint density at radius 2 is 2.00 bits per heavy atom. The minimum Gasteiger partial charge on any atom is -0.481 e. The molecule has 1 saturated carbocycles. The summed E-state index contributed by atoms with van der Waals surface area (Å²) >= 11 is 0. The largest absolute Gasteiger partial charge is 0.481 e. The average molecular weight is 257 g/mol. The average Bonchev–Trinajstić information content (AvgIpc) is 2.34. The lowest BCUT2D eigenvalue weighted by Crippen LogP contribution is -2.35. The van der Waals surface area contributed by atoms with Crippen LogP contribution in [0.2, 0.25) is 0 Å². The third-order valence-electron chi connectivity index (χ3n) is 3.54. The van der Waals surface area contributed by atoms with Crippen LogP contribution in [-0.2, 0) is 14.3 Å². The van der Waals surface area contributed by atoms with Gasteiger partial charge < -0.3 is 14.7 Å². The molecule has 0 bridgehead atoms. The highest BCUT2D eigenvalue weighted by atomic mass is 16.5. The van der Waals surface area contributed by atoms with Crippen LogP contribution in [0, 0.1) is 5.92 Å². The van der Waals surface area contributed by atoms with E-state index in [2.05, 4.69) is 6.92 Å². The van der Waals surface area contributed by atoms with E-state index in [4.69, 9.17) is 9.84 Å². The van der Waals surface area contributed by atoms with E-state index in [1.54, 1.807) is 7.05 Å². The van der Waals surface area contributed by atoms with Crippen LogP contribution in [0.25, 0.3) is 0 Å². The SMILES string of the molecule is CC1CCCCC1OCC(=O)N(C)CCC(=O)O. The topological polar surface area (TPSA) is 66.8 Å². The van der Waals surface area contributed by atoms with E-state index >= 15 is 0 Å². The molecule has 2 atom stereocenters. The lowest BCUT2D eigenvalue weighted by Gasteiger charge is -2.29. The Morgan fingerprint density at radius 3 is 2.61 bits per heavy atom. The van der Waals surface area contributed by atoms with Gasteiger partial charge in [-0.3, -0.25) is 9.59 Å². The Bertz CT molecular complexity index is 293. The number of hydrogen-bond donors (Lipinski definition) is 1. The van der Waals surface area contributed by atoms with Crippen molar-refractivity contribution in [2.24, 2.45) is 5.92 Å². The van der Waals surface area contributed by atoms with Gasteiger partial charge in [0.05, 0.1) is 12.5 Å². The Hall–Kier alpha value is -1.10. The van der Waals surface area contributed by atoms with Crippen LogP contribution >= 0.6 is 0 Å². The maximum absolute atomic E-state index is 11.7. The van der Waals surface area contributed by atoms with Crippen molar-refractivity contribution in [3.05, 3.63) is 0 Å². The molecule has 1 fully saturated rings. The molecular weight excluding hydrogens is 234 g/mol. The molecule has 0 heterocycles. The molecule has 1 N–H and O–H groups in total. The standard InChI is InChI=1S/C13H23NO4/c1-10-5-3-4-6-11(10)18-9-12(15)14(2)8-7-13(16)17/h10-11H,3-9H2,1-2H3,(H,16,17). The summed E-state index contributed by atoms with van der Waals surface area (Å²) in [5, 5.41) is 8.54. The minimum atomic E-state index is -0.892. The van der Waals surface area contributed by atoms with Crippen LogP contribution in [0.4, 0.5) is 0 Å². The van der Waals surface area contributed by atoms with E-state index in [0.29, 0.717) is 5.92 Å². The fraction of sp³-hybridized carbons (Fsp3) is 0.846. The maximum Gasteiger partial charge on any atom is 0.305 e. The third kappa shape index (κ3) is 5.04. The number of carboxylic acid groups (broad SMARTS) is 1. The summed E-state index contributed by atoms with van der Waals surface area (Å²) in [5.74, 6) is -0.527. The van der Waals surface area contributed by atoms with Gasteiger partial charge in [-0.1, -0.05) is 19.8 Å². The van der Waals surface area contributed by atoms with Gasteiger partial charge in [0.25, 0.3) is 0 Å². The number of rotatable bonds is 6. The van der Waals surface area contributed by atoms with Crippen molar-refractivity contribution in [1.29, 1.82) is 0 Å². The third-order valence-corrected chi connectivity index (χ3v) is 3.54. The van der Waals surface area contributed by atoms with Gasteiger partial charge in [-0.2, -0.15) is 0 Å². The Balaban J connectivity index is 2.24. The molecule has 0 spiro atoms. The Labute approximate surface area is 108 Å². The van der Waals surface area contributed by atoms with E-state index in [9.17, 15) is 9.59 Å². The van der Waals surface area contributed by atoms with Crippen molar-refractivity contribution in [3.8, 4) is 0 Å². The normalized spacial score (nSPS) is 23.7. The maximum atomic E-state index is 11.7. The second-order valence-electron chi connectivity index (χ2n) is 5.07. The number of hydrogen-bond acceptors (Lipinski definition) is 3. The summed E-state index contributed by atoms with van der Waals surface area (Å²) in [7, 11) is 1.61. The molecule has 1 amide bonds. The van der Waals surface area contributed by atoms with Gasteiger partial charge in [0.15, 0.2) is 0 Å². The van der Waals surface area contributed by atoms with E-state index in [-0.39, 0.29) is 31.6 Å². The highest BCUT2D eigenvalue weighted by Crippen LogP contribution is 2.26. The molecular formula is C13H23NO4. The van der Waals surface area contributed by atoms with Crippen molar-refractivity contribution in [2.75, 3.05) is 20.2 Å². The first-order chi connectivity index (χ1) is 8.50. The van der Waals surface area contributed by atoms with Crippen molar-refractivity contribution in [3.63, 3.8) is 0 Å². The van der Waals surface area contributed by atoms with E-state index in [1.165, 1.54) is 11.3 Å². The lowest BCUT2D eigenvalue weighted by atomic mass is 9.88. The van der Waals surface area contributed by atoms with Crippen molar-refractivity contribution in [2.45, 2.75) is 45.1 Å². The molecule has 1 aliphatic carbocycles. The zero-order valence-corrected chi connectivity index (χ0v) is 11.2. The van der Waals surface area contributed by atoms with Crippen LogP contribution in [0.1, 0.15) is 39.0 Å². The first kappa shape index (κ1) is 15.0. The van der Waals surface area contributed by atoms with E-state index in [0.717, 1.165) is 19.3 Å². The van der Waals surface area contributed by atoms with Gasteiger partial charge in [-0.05, 0) is 18.8 Å². The fourth-order valence-corrected chi connectivity index (χ4v) is 2.21. The van der Waals surface area contributed by atoms with Gasteiger partial charge in [0.2, 0.25) is 5.91 Å². The second kappa shape index (κ2) is 7.36. The summed E-state index contributed by atoms with van der Waals surface area (Å²) in [6, 6.07) is 0. The molecule has 1 rings (SSSR count).